The van der Waals surface area contributed by atoms with Gasteiger partial charge in [0, 0.05) is 19.4 Å². The summed E-state index contributed by atoms with van der Waals surface area (Å²) in [5, 5.41) is 13.8. The van der Waals surface area contributed by atoms with Crippen LogP contribution < -0.4 is 5.32 Å². The second-order valence-corrected chi connectivity index (χ2v) is 5.12. The Bertz CT molecular complexity index is 554. The van der Waals surface area contributed by atoms with Gasteiger partial charge in [-0.05, 0) is 20.8 Å². The highest BCUT2D eigenvalue weighted by atomic mass is 16.6. The molecule has 0 radical (unpaired) electrons. The van der Waals surface area contributed by atoms with Crippen molar-refractivity contribution in [2.45, 2.75) is 40.2 Å². The van der Waals surface area contributed by atoms with Gasteiger partial charge in [0.05, 0.1) is 0 Å². The first-order valence-electron chi connectivity index (χ1n) is 5.85. The number of carbonyl (C=O) groups is 2. The predicted octanol–water partition coefficient (Wildman–Crippen LogP) is 1.48. The Morgan fingerprint density at radius 1 is 1.40 bits per heavy atom. The first-order chi connectivity index (χ1) is 9.14. The van der Waals surface area contributed by atoms with Gasteiger partial charge in [0.25, 0.3) is 5.91 Å². The zero-order chi connectivity index (χ0) is 15.5. The summed E-state index contributed by atoms with van der Waals surface area (Å²) in [6.45, 7) is 8.13. The molecule has 8 heteroatoms. The lowest BCUT2D eigenvalue weighted by molar-refractivity contribution is 0.0689. The molecule has 1 heterocycles. The van der Waals surface area contributed by atoms with E-state index >= 15 is 0 Å². The number of hydrogen-bond donors (Lipinski definition) is 2. The van der Waals surface area contributed by atoms with Gasteiger partial charge in [0.1, 0.15) is 0 Å². The fourth-order valence-corrected chi connectivity index (χ4v) is 1.32. The summed E-state index contributed by atoms with van der Waals surface area (Å²) in [4.78, 5) is 27.6. The van der Waals surface area contributed by atoms with E-state index < -0.39 is 17.4 Å². The van der Waals surface area contributed by atoms with E-state index in [9.17, 15) is 9.59 Å². The molecule has 0 bridgehead atoms. The fraction of sp³-hybridized carbons (Fsp3) is 0.500. The molecule has 0 fully saturated rings. The molecule has 0 atom stereocenters. The molecule has 0 saturated carbocycles. The Kier molecular flexibility index (Phi) is 4.49. The summed E-state index contributed by atoms with van der Waals surface area (Å²) in [5.41, 5.74) is -0.770. The van der Waals surface area contributed by atoms with Gasteiger partial charge in [-0.25, -0.2) is 9.78 Å². The Labute approximate surface area is 115 Å². The molecular formula is C12H17N3O5. The second kappa shape index (κ2) is 5.72. The summed E-state index contributed by atoms with van der Waals surface area (Å²) in [7, 11) is 0. The van der Waals surface area contributed by atoms with E-state index in [0.29, 0.717) is 0 Å². The lowest BCUT2D eigenvalue weighted by Crippen LogP contribution is -2.41. The quantitative estimate of drug-likeness (QED) is 0.279. The van der Waals surface area contributed by atoms with E-state index in [1.165, 1.54) is 13.8 Å². The molecule has 1 aromatic rings. The van der Waals surface area contributed by atoms with Crippen molar-refractivity contribution in [2.75, 3.05) is 0 Å². The minimum absolute atomic E-state index is 0.148. The number of oxime groups is 1. The Morgan fingerprint density at radius 2 is 2.00 bits per heavy atom. The summed E-state index contributed by atoms with van der Waals surface area (Å²) < 4.78 is 9.81. The molecule has 0 aliphatic rings. The first-order valence-corrected chi connectivity index (χ1v) is 5.85. The standard InChI is InChI=1S/C12H17N3O5/c1-6-13-8(11(17)20-7(2)15-18)9(19-6)10(16)14-12(3,4)5/h18H,1-5H3,(H,14,16). The highest BCUT2D eigenvalue weighted by Gasteiger charge is 2.28. The van der Waals surface area contributed by atoms with E-state index in [1.54, 1.807) is 20.8 Å². The highest BCUT2D eigenvalue weighted by Crippen LogP contribution is 2.14. The lowest BCUT2D eigenvalue weighted by atomic mass is 10.1. The van der Waals surface area contributed by atoms with Crippen molar-refractivity contribution in [3.05, 3.63) is 17.3 Å². The number of carbonyl (C=O) groups excluding carboxylic acids is 2. The minimum Gasteiger partial charge on any atom is -0.435 e. The number of ether oxygens (including phenoxy) is 1. The largest absolute Gasteiger partial charge is 0.435 e. The van der Waals surface area contributed by atoms with Crippen LogP contribution >= 0.6 is 0 Å². The predicted molar refractivity (Wildman–Crippen MR) is 68.8 cm³/mol. The number of rotatable bonds is 2. The number of aryl methyl sites for hydroxylation is 1. The maximum Gasteiger partial charge on any atom is 0.367 e. The van der Waals surface area contributed by atoms with Crippen LogP contribution in [0.3, 0.4) is 0 Å². The molecule has 1 rings (SSSR count). The summed E-state index contributed by atoms with van der Waals surface area (Å²) in [6, 6.07) is 0. The normalized spacial score (nSPS) is 12.2. The van der Waals surface area contributed by atoms with Crippen molar-refractivity contribution in [1.82, 2.24) is 10.3 Å². The van der Waals surface area contributed by atoms with E-state index in [1.807, 2.05) is 0 Å². The van der Waals surface area contributed by atoms with Gasteiger partial charge in [-0.15, -0.1) is 0 Å². The van der Waals surface area contributed by atoms with Gasteiger partial charge in [0.15, 0.2) is 5.89 Å². The van der Waals surface area contributed by atoms with Crippen molar-refractivity contribution in [3.63, 3.8) is 0 Å². The van der Waals surface area contributed by atoms with Crippen LogP contribution in [0, 0.1) is 6.92 Å². The molecular weight excluding hydrogens is 266 g/mol. The van der Waals surface area contributed by atoms with Crippen LogP contribution in [0.5, 0.6) is 0 Å². The van der Waals surface area contributed by atoms with Crippen molar-refractivity contribution in [2.24, 2.45) is 5.16 Å². The molecule has 1 amide bonds. The number of aromatic nitrogens is 1. The average molecular weight is 283 g/mol. The molecule has 0 aliphatic carbocycles. The van der Waals surface area contributed by atoms with Gasteiger partial charge in [-0.1, -0.05) is 5.16 Å². The number of nitrogens with zero attached hydrogens (tertiary/aromatic N) is 2. The Balaban J connectivity index is 3.05. The smallest absolute Gasteiger partial charge is 0.367 e. The van der Waals surface area contributed by atoms with Crippen molar-refractivity contribution >= 4 is 17.8 Å². The van der Waals surface area contributed by atoms with Gasteiger partial charge in [0.2, 0.25) is 17.4 Å². The average Bonchev–Trinajstić information content (AvgIpc) is 2.69. The maximum absolute atomic E-state index is 12.0. The van der Waals surface area contributed by atoms with Crippen molar-refractivity contribution in [1.29, 1.82) is 0 Å². The van der Waals surface area contributed by atoms with Crippen LogP contribution in [0.4, 0.5) is 0 Å². The van der Waals surface area contributed by atoms with Gasteiger partial charge in [-0.2, -0.15) is 0 Å². The zero-order valence-electron chi connectivity index (χ0n) is 12.0. The Hall–Kier alpha value is -2.38. The zero-order valence-corrected chi connectivity index (χ0v) is 12.0. The second-order valence-electron chi connectivity index (χ2n) is 5.12. The SMILES string of the molecule is CC(=NO)OC(=O)c1nc(C)oc1C(=O)NC(C)(C)C. The van der Waals surface area contributed by atoms with Gasteiger partial charge >= 0.3 is 5.97 Å². The minimum atomic E-state index is -0.934. The molecule has 0 unspecified atom stereocenters. The molecule has 1 aromatic heterocycles. The number of amides is 1. The third kappa shape index (κ3) is 4.08. The van der Waals surface area contributed by atoms with Crippen LogP contribution in [0.15, 0.2) is 9.57 Å². The first kappa shape index (κ1) is 15.7. The summed E-state index contributed by atoms with van der Waals surface area (Å²) in [6.07, 6.45) is 0. The third-order valence-electron chi connectivity index (χ3n) is 2.00. The molecule has 0 spiro atoms. The number of hydrogen-bond acceptors (Lipinski definition) is 7. The van der Waals surface area contributed by atoms with Gasteiger partial charge in [-0.3, -0.25) is 4.79 Å². The summed E-state index contributed by atoms with van der Waals surface area (Å²) in [5.74, 6) is -1.87. The molecule has 2 N–H and O–H groups in total. The molecule has 20 heavy (non-hydrogen) atoms. The molecule has 8 nitrogen and oxygen atoms in total. The van der Waals surface area contributed by atoms with Crippen LogP contribution in [0.1, 0.15) is 54.6 Å². The summed E-state index contributed by atoms with van der Waals surface area (Å²) >= 11 is 0. The van der Waals surface area contributed by atoms with E-state index in [2.05, 4.69) is 20.2 Å². The number of oxazole rings is 1. The highest BCUT2D eigenvalue weighted by molar-refractivity contribution is 6.05. The fourth-order valence-electron chi connectivity index (χ4n) is 1.32. The molecule has 110 valence electrons. The van der Waals surface area contributed by atoms with Crippen LogP contribution in [0.2, 0.25) is 0 Å². The van der Waals surface area contributed by atoms with Crippen molar-refractivity contribution < 1.29 is 24.0 Å². The van der Waals surface area contributed by atoms with E-state index in [4.69, 9.17) is 9.62 Å². The van der Waals surface area contributed by atoms with E-state index in [-0.39, 0.29) is 23.2 Å². The Morgan fingerprint density at radius 3 is 2.50 bits per heavy atom. The molecule has 0 aliphatic heterocycles. The van der Waals surface area contributed by atoms with Crippen LogP contribution in [-0.4, -0.2) is 33.5 Å². The lowest BCUT2D eigenvalue weighted by Gasteiger charge is -2.19. The monoisotopic (exact) mass is 283 g/mol. The van der Waals surface area contributed by atoms with Crippen LogP contribution in [-0.2, 0) is 4.74 Å². The number of nitrogens with one attached hydrogen (secondary N) is 1. The number of esters is 1. The van der Waals surface area contributed by atoms with E-state index in [0.717, 1.165) is 0 Å². The topological polar surface area (TPSA) is 114 Å². The van der Waals surface area contributed by atoms with Gasteiger partial charge < -0.3 is 19.7 Å². The molecule has 0 aromatic carbocycles. The maximum atomic E-state index is 12.0. The van der Waals surface area contributed by atoms with Crippen LogP contribution in [0.25, 0.3) is 0 Å². The third-order valence-corrected chi connectivity index (χ3v) is 2.00. The molecule has 0 saturated heterocycles. The van der Waals surface area contributed by atoms with Crippen molar-refractivity contribution in [3.8, 4) is 0 Å².